The lowest BCUT2D eigenvalue weighted by atomic mass is 9.74. The van der Waals surface area contributed by atoms with Gasteiger partial charge in [-0.25, -0.2) is 0 Å². The topological polar surface area (TPSA) is 32.3 Å². The minimum atomic E-state index is 0.0962. The summed E-state index contributed by atoms with van der Waals surface area (Å²) in [7, 11) is 0. The number of nitrogens with one attached hydrogen (secondary N) is 1. The molecule has 0 radical (unpaired) electrons. The Balaban J connectivity index is 1.91. The smallest absolute Gasteiger partial charge is 0.0499 e. The summed E-state index contributed by atoms with van der Waals surface area (Å²) in [6.45, 7) is 3.36. The zero-order valence-electron chi connectivity index (χ0n) is 11.7. The van der Waals surface area contributed by atoms with Gasteiger partial charge in [-0.15, -0.1) is 0 Å². The quantitative estimate of drug-likeness (QED) is 0.857. The molecular weight excluding hydrogens is 258 g/mol. The molecule has 1 unspecified atom stereocenters. The lowest BCUT2D eigenvalue weighted by Crippen LogP contribution is -2.39. The summed E-state index contributed by atoms with van der Waals surface area (Å²) in [6.07, 6.45) is 6.09. The molecule has 0 aliphatic heterocycles. The van der Waals surface area contributed by atoms with Gasteiger partial charge in [-0.1, -0.05) is 43.0 Å². The van der Waals surface area contributed by atoms with Crippen LogP contribution in [0, 0.1) is 5.41 Å². The van der Waals surface area contributed by atoms with Crippen LogP contribution in [0.25, 0.3) is 0 Å². The number of hydrogen-bond donors (Lipinski definition) is 2. The molecule has 3 heteroatoms. The Kier molecular flexibility index (Phi) is 5.26. The van der Waals surface area contributed by atoms with Gasteiger partial charge in [0.15, 0.2) is 0 Å². The first-order chi connectivity index (χ1) is 9.15. The van der Waals surface area contributed by atoms with E-state index < -0.39 is 0 Å². The van der Waals surface area contributed by atoms with Crippen LogP contribution in [0.3, 0.4) is 0 Å². The van der Waals surface area contributed by atoms with Gasteiger partial charge in [0.25, 0.3) is 0 Å². The third-order valence-corrected chi connectivity index (χ3v) is 4.65. The van der Waals surface area contributed by atoms with Gasteiger partial charge in [0.05, 0.1) is 0 Å². The molecule has 1 fully saturated rings. The second-order valence-electron chi connectivity index (χ2n) is 5.87. The van der Waals surface area contributed by atoms with Crippen molar-refractivity contribution in [2.75, 3.05) is 13.2 Å². The van der Waals surface area contributed by atoms with Crippen LogP contribution in [-0.2, 0) is 0 Å². The first kappa shape index (κ1) is 14.8. The van der Waals surface area contributed by atoms with E-state index in [2.05, 4.69) is 24.4 Å². The molecule has 1 atom stereocenters. The second kappa shape index (κ2) is 6.74. The fourth-order valence-corrected chi connectivity index (χ4v) is 3.06. The number of benzene rings is 1. The highest BCUT2D eigenvalue weighted by Gasteiger charge is 2.31. The predicted octanol–water partition coefficient (Wildman–Crippen LogP) is 3.93. The Morgan fingerprint density at radius 3 is 2.42 bits per heavy atom. The maximum atomic E-state index is 9.70. The van der Waals surface area contributed by atoms with Gasteiger partial charge in [0.2, 0.25) is 0 Å². The zero-order chi connectivity index (χ0) is 13.7. The molecule has 1 saturated carbocycles. The molecule has 0 spiro atoms. The summed E-state index contributed by atoms with van der Waals surface area (Å²) in [4.78, 5) is 0. The van der Waals surface area contributed by atoms with Crippen LogP contribution in [0.4, 0.5) is 0 Å². The zero-order valence-corrected chi connectivity index (χ0v) is 12.4. The molecular formula is C16H24ClNO. The van der Waals surface area contributed by atoms with Crippen molar-refractivity contribution >= 4 is 11.6 Å². The minimum Gasteiger partial charge on any atom is -0.396 e. The van der Waals surface area contributed by atoms with Crippen LogP contribution in [0.15, 0.2) is 24.3 Å². The molecule has 1 aliphatic carbocycles. The van der Waals surface area contributed by atoms with Crippen molar-refractivity contribution in [2.24, 2.45) is 5.41 Å². The van der Waals surface area contributed by atoms with Crippen molar-refractivity contribution in [1.82, 2.24) is 5.32 Å². The van der Waals surface area contributed by atoms with Gasteiger partial charge >= 0.3 is 0 Å². The van der Waals surface area contributed by atoms with Crippen LogP contribution in [0.1, 0.15) is 50.6 Å². The molecule has 0 saturated heterocycles. The number of rotatable bonds is 5. The first-order valence-electron chi connectivity index (χ1n) is 7.25. The Hall–Kier alpha value is -0.570. The van der Waals surface area contributed by atoms with E-state index >= 15 is 0 Å². The molecule has 2 nitrogen and oxygen atoms in total. The van der Waals surface area contributed by atoms with Gasteiger partial charge in [-0.2, -0.15) is 0 Å². The maximum absolute atomic E-state index is 9.70. The van der Waals surface area contributed by atoms with Gasteiger partial charge in [0, 0.05) is 29.6 Å². The van der Waals surface area contributed by atoms with E-state index in [4.69, 9.17) is 11.6 Å². The first-order valence-corrected chi connectivity index (χ1v) is 7.63. The lowest BCUT2D eigenvalue weighted by molar-refractivity contribution is 0.0789. The van der Waals surface area contributed by atoms with Gasteiger partial charge in [-0.3, -0.25) is 0 Å². The fourth-order valence-electron chi connectivity index (χ4n) is 2.93. The Morgan fingerprint density at radius 2 is 1.84 bits per heavy atom. The highest BCUT2D eigenvalue weighted by Crippen LogP contribution is 2.35. The van der Waals surface area contributed by atoms with Gasteiger partial charge in [0.1, 0.15) is 0 Å². The van der Waals surface area contributed by atoms with E-state index in [0.717, 1.165) is 24.4 Å². The van der Waals surface area contributed by atoms with Crippen molar-refractivity contribution in [1.29, 1.82) is 0 Å². The number of halogens is 1. The lowest BCUT2D eigenvalue weighted by Gasteiger charge is -2.36. The van der Waals surface area contributed by atoms with Crippen molar-refractivity contribution in [3.63, 3.8) is 0 Å². The van der Waals surface area contributed by atoms with Crippen LogP contribution < -0.4 is 5.32 Å². The van der Waals surface area contributed by atoms with E-state index in [1.54, 1.807) is 0 Å². The van der Waals surface area contributed by atoms with Crippen molar-refractivity contribution in [2.45, 2.75) is 45.1 Å². The predicted molar refractivity (Wildman–Crippen MR) is 80.5 cm³/mol. The normalized spacial score (nSPS) is 20.2. The van der Waals surface area contributed by atoms with E-state index in [1.165, 1.54) is 24.8 Å². The largest absolute Gasteiger partial charge is 0.396 e. The molecule has 1 aromatic carbocycles. The van der Waals surface area contributed by atoms with Crippen LogP contribution in [0.2, 0.25) is 5.02 Å². The average Bonchev–Trinajstić information content (AvgIpc) is 2.46. The molecule has 0 bridgehead atoms. The summed E-state index contributed by atoms with van der Waals surface area (Å²) in [5, 5.41) is 14.1. The second-order valence-corrected chi connectivity index (χ2v) is 6.31. The maximum Gasteiger partial charge on any atom is 0.0499 e. The summed E-state index contributed by atoms with van der Waals surface area (Å²) in [5.74, 6) is 0. The SMILES string of the molecule is CC(NCC1(CO)CCCCC1)c1ccc(Cl)cc1. The van der Waals surface area contributed by atoms with Crippen LogP contribution >= 0.6 is 11.6 Å². The molecule has 2 N–H and O–H groups in total. The summed E-state index contributed by atoms with van der Waals surface area (Å²) in [6, 6.07) is 8.27. The van der Waals surface area contributed by atoms with E-state index in [0.29, 0.717) is 12.6 Å². The molecule has 0 aromatic heterocycles. The fraction of sp³-hybridized carbons (Fsp3) is 0.625. The molecule has 106 valence electrons. The Bertz CT molecular complexity index is 384. The van der Waals surface area contributed by atoms with Gasteiger partial charge < -0.3 is 10.4 Å². The third-order valence-electron chi connectivity index (χ3n) is 4.40. The summed E-state index contributed by atoms with van der Waals surface area (Å²) >= 11 is 5.91. The molecule has 0 amide bonds. The molecule has 19 heavy (non-hydrogen) atoms. The standard InChI is InChI=1S/C16H24ClNO/c1-13(14-5-7-15(17)8-6-14)18-11-16(12-19)9-3-2-4-10-16/h5-8,13,18-19H,2-4,9-12H2,1H3. The van der Waals surface area contributed by atoms with E-state index in [9.17, 15) is 5.11 Å². The Labute approximate surface area is 121 Å². The molecule has 2 rings (SSSR count). The third kappa shape index (κ3) is 3.95. The number of aliphatic hydroxyl groups is 1. The highest BCUT2D eigenvalue weighted by atomic mass is 35.5. The highest BCUT2D eigenvalue weighted by molar-refractivity contribution is 6.30. The summed E-state index contributed by atoms with van der Waals surface area (Å²) < 4.78 is 0. The van der Waals surface area contributed by atoms with Crippen molar-refractivity contribution in [3.8, 4) is 0 Å². The molecule has 0 heterocycles. The van der Waals surface area contributed by atoms with Crippen LogP contribution in [0.5, 0.6) is 0 Å². The molecule has 1 aliphatic rings. The Morgan fingerprint density at radius 1 is 1.21 bits per heavy atom. The minimum absolute atomic E-state index is 0.0962. The van der Waals surface area contributed by atoms with E-state index in [-0.39, 0.29) is 5.41 Å². The van der Waals surface area contributed by atoms with Gasteiger partial charge in [-0.05, 0) is 37.5 Å². The monoisotopic (exact) mass is 281 g/mol. The van der Waals surface area contributed by atoms with Crippen molar-refractivity contribution < 1.29 is 5.11 Å². The van der Waals surface area contributed by atoms with Crippen LogP contribution in [-0.4, -0.2) is 18.3 Å². The molecule has 1 aromatic rings. The average molecular weight is 282 g/mol. The number of hydrogen-bond acceptors (Lipinski definition) is 2. The summed E-state index contributed by atoms with van der Waals surface area (Å²) in [5.41, 5.74) is 1.34. The van der Waals surface area contributed by atoms with Crippen molar-refractivity contribution in [3.05, 3.63) is 34.9 Å². The van der Waals surface area contributed by atoms with E-state index in [1.807, 2.05) is 12.1 Å². The number of aliphatic hydroxyl groups excluding tert-OH is 1.